The van der Waals surface area contributed by atoms with Gasteiger partial charge in [0.2, 0.25) is 0 Å². The van der Waals surface area contributed by atoms with Crippen LogP contribution in [0.3, 0.4) is 0 Å². The summed E-state index contributed by atoms with van der Waals surface area (Å²) in [6, 6.07) is 5.55. The van der Waals surface area contributed by atoms with Gasteiger partial charge in [-0.15, -0.1) is 0 Å². The molecule has 0 aliphatic carbocycles. The van der Waals surface area contributed by atoms with Crippen LogP contribution in [0.5, 0.6) is 0 Å². The van der Waals surface area contributed by atoms with Gasteiger partial charge < -0.3 is 5.73 Å². The van der Waals surface area contributed by atoms with E-state index in [4.69, 9.17) is 5.73 Å². The molecule has 1 aromatic heterocycles. The van der Waals surface area contributed by atoms with Crippen molar-refractivity contribution < 1.29 is 13.2 Å². The van der Waals surface area contributed by atoms with Crippen LogP contribution in [0.2, 0.25) is 0 Å². The Labute approximate surface area is 115 Å². The van der Waals surface area contributed by atoms with Crippen LogP contribution < -0.4 is 5.73 Å². The van der Waals surface area contributed by atoms with Crippen molar-refractivity contribution in [2.24, 2.45) is 5.73 Å². The summed E-state index contributed by atoms with van der Waals surface area (Å²) in [5.41, 5.74) is 7.65. The molecule has 2 aromatic rings. The van der Waals surface area contributed by atoms with Crippen LogP contribution in [0.15, 0.2) is 24.3 Å². The normalized spacial score (nSPS) is 11.9. The number of alkyl halides is 3. The maximum absolute atomic E-state index is 13.0. The lowest BCUT2D eigenvalue weighted by molar-refractivity contribution is -0.138. The van der Waals surface area contributed by atoms with E-state index in [1.807, 2.05) is 6.92 Å². The number of hydrogen-bond acceptors (Lipinski definition) is 2. The van der Waals surface area contributed by atoms with Gasteiger partial charge in [-0.2, -0.15) is 18.3 Å². The molecule has 3 nitrogen and oxygen atoms in total. The van der Waals surface area contributed by atoms with Gasteiger partial charge in [0.15, 0.2) is 0 Å². The highest BCUT2D eigenvalue weighted by Gasteiger charge is 2.33. The van der Waals surface area contributed by atoms with Crippen molar-refractivity contribution in [3.63, 3.8) is 0 Å². The van der Waals surface area contributed by atoms with Gasteiger partial charge in [-0.25, -0.2) is 0 Å². The quantitative estimate of drug-likeness (QED) is 0.941. The summed E-state index contributed by atoms with van der Waals surface area (Å²) >= 11 is 0. The zero-order valence-corrected chi connectivity index (χ0v) is 11.3. The fourth-order valence-corrected chi connectivity index (χ4v) is 2.28. The Kier molecular flexibility index (Phi) is 3.85. The topological polar surface area (TPSA) is 43.8 Å². The minimum atomic E-state index is -4.36. The molecule has 108 valence electrons. The molecular weight excluding hydrogens is 267 g/mol. The summed E-state index contributed by atoms with van der Waals surface area (Å²) in [6.07, 6.45) is -4.36. The van der Waals surface area contributed by atoms with Crippen LogP contribution >= 0.6 is 0 Å². The van der Waals surface area contributed by atoms with Crippen molar-refractivity contribution in [1.82, 2.24) is 9.78 Å². The monoisotopic (exact) mass is 283 g/mol. The number of aromatic nitrogens is 2. The van der Waals surface area contributed by atoms with Gasteiger partial charge >= 0.3 is 6.18 Å². The van der Waals surface area contributed by atoms with Gasteiger partial charge in [0.05, 0.1) is 17.8 Å². The molecule has 1 aromatic carbocycles. The van der Waals surface area contributed by atoms with Crippen LogP contribution in [0.4, 0.5) is 13.2 Å². The Morgan fingerprint density at radius 2 is 1.85 bits per heavy atom. The van der Waals surface area contributed by atoms with Gasteiger partial charge in [0, 0.05) is 17.8 Å². The summed E-state index contributed by atoms with van der Waals surface area (Å²) in [5.74, 6) is 0. The number of hydrogen-bond donors (Lipinski definition) is 1. The van der Waals surface area contributed by atoms with Crippen molar-refractivity contribution in [3.05, 3.63) is 52.3 Å². The lowest BCUT2D eigenvalue weighted by Gasteiger charge is -2.13. The second kappa shape index (κ2) is 5.28. The van der Waals surface area contributed by atoms with E-state index in [1.165, 1.54) is 12.1 Å². The smallest absolute Gasteiger partial charge is 0.326 e. The zero-order chi connectivity index (χ0) is 14.9. The molecule has 2 N–H and O–H groups in total. The number of nitrogens with zero attached hydrogens (tertiary/aromatic N) is 2. The Bertz CT molecular complexity index is 615. The standard InChI is InChI=1S/C14H16F3N3/c1-9-12(7-18)10(2)20(19-9)8-11-5-3-4-6-13(11)14(15,16)17/h3-6H,7-8,18H2,1-2H3. The van der Waals surface area contributed by atoms with E-state index in [9.17, 15) is 13.2 Å². The Morgan fingerprint density at radius 1 is 1.20 bits per heavy atom. The molecule has 0 aliphatic rings. The number of rotatable bonds is 3. The first kappa shape index (κ1) is 14.6. The van der Waals surface area contributed by atoms with Crippen LogP contribution in [0, 0.1) is 13.8 Å². The van der Waals surface area contributed by atoms with Crippen LogP contribution in [0.25, 0.3) is 0 Å². The number of nitrogens with two attached hydrogens (primary N) is 1. The van der Waals surface area contributed by atoms with Crippen molar-refractivity contribution in [1.29, 1.82) is 0 Å². The first-order valence-electron chi connectivity index (χ1n) is 6.22. The second-order valence-electron chi connectivity index (χ2n) is 4.67. The molecule has 0 atom stereocenters. The van der Waals surface area contributed by atoms with E-state index in [1.54, 1.807) is 17.7 Å². The highest BCUT2D eigenvalue weighted by Crippen LogP contribution is 2.32. The van der Waals surface area contributed by atoms with E-state index in [2.05, 4.69) is 5.10 Å². The molecule has 0 saturated heterocycles. The Morgan fingerprint density at radius 3 is 2.40 bits per heavy atom. The highest BCUT2D eigenvalue weighted by atomic mass is 19.4. The van der Waals surface area contributed by atoms with E-state index >= 15 is 0 Å². The third kappa shape index (κ3) is 2.70. The predicted molar refractivity (Wildman–Crippen MR) is 70.1 cm³/mol. The molecule has 0 saturated carbocycles. The van der Waals surface area contributed by atoms with E-state index in [-0.39, 0.29) is 12.1 Å². The van der Waals surface area contributed by atoms with Crippen LogP contribution in [-0.4, -0.2) is 9.78 Å². The van der Waals surface area contributed by atoms with Crippen molar-refractivity contribution in [2.45, 2.75) is 33.1 Å². The summed E-state index contributed by atoms with van der Waals surface area (Å²) < 4.78 is 40.4. The number of benzene rings is 1. The Balaban J connectivity index is 2.41. The lowest BCUT2D eigenvalue weighted by Crippen LogP contribution is -2.13. The maximum atomic E-state index is 13.0. The lowest BCUT2D eigenvalue weighted by atomic mass is 10.1. The molecule has 1 heterocycles. The van der Waals surface area contributed by atoms with Crippen molar-refractivity contribution >= 4 is 0 Å². The molecule has 2 rings (SSSR count). The summed E-state index contributed by atoms with van der Waals surface area (Å²) in [5, 5.41) is 4.27. The second-order valence-corrected chi connectivity index (χ2v) is 4.67. The maximum Gasteiger partial charge on any atom is 0.416 e. The van der Waals surface area contributed by atoms with E-state index in [0.29, 0.717) is 6.54 Å². The summed E-state index contributed by atoms with van der Waals surface area (Å²) in [7, 11) is 0. The van der Waals surface area contributed by atoms with Crippen LogP contribution in [0.1, 0.15) is 28.1 Å². The number of halogens is 3. The largest absolute Gasteiger partial charge is 0.416 e. The molecule has 0 amide bonds. The average Bonchev–Trinajstić information content (AvgIpc) is 2.63. The van der Waals surface area contributed by atoms with Gasteiger partial charge in [-0.3, -0.25) is 4.68 Å². The first-order valence-corrected chi connectivity index (χ1v) is 6.22. The third-order valence-electron chi connectivity index (χ3n) is 3.38. The van der Waals surface area contributed by atoms with Gasteiger partial charge in [0.1, 0.15) is 0 Å². The fourth-order valence-electron chi connectivity index (χ4n) is 2.28. The van der Waals surface area contributed by atoms with Crippen molar-refractivity contribution in [3.8, 4) is 0 Å². The predicted octanol–water partition coefficient (Wildman–Crippen LogP) is 3.03. The minimum absolute atomic E-state index is 0.0857. The molecule has 0 fully saturated rings. The SMILES string of the molecule is Cc1nn(Cc2ccccc2C(F)(F)F)c(C)c1CN. The minimum Gasteiger partial charge on any atom is -0.326 e. The average molecular weight is 283 g/mol. The third-order valence-corrected chi connectivity index (χ3v) is 3.38. The van der Waals surface area contributed by atoms with Gasteiger partial charge in [0.25, 0.3) is 0 Å². The van der Waals surface area contributed by atoms with Crippen molar-refractivity contribution in [2.75, 3.05) is 0 Å². The molecule has 20 heavy (non-hydrogen) atoms. The first-order chi connectivity index (χ1) is 9.34. The molecule has 0 aliphatic heterocycles. The molecule has 0 unspecified atom stereocenters. The molecule has 6 heteroatoms. The zero-order valence-electron chi connectivity index (χ0n) is 11.3. The molecular formula is C14H16F3N3. The molecule has 0 bridgehead atoms. The fraction of sp³-hybridized carbons (Fsp3) is 0.357. The summed E-state index contributed by atoms with van der Waals surface area (Å²) in [6.45, 7) is 4.04. The van der Waals surface area contributed by atoms with Gasteiger partial charge in [-0.05, 0) is 25.5 Å². The highest BCUT2D eigenvalue weighted by molar-refractivity contribution is 5.31. The number of aryl methyl sites for hydroxylation is 1. The molecule has 0 radical (unpaired) electrons. The Hall–Kier alpha value is -1.82. The van der Waals surface area contributed by atoms with E-state index in [0.717, 1.165) is 23.0 Å². The molecule has 0 spiro atoms. The van der Waals surface area contributed by atoms with E-state index < -0.39 is 11.7 Å². The van der Waals surface area contributed by atoms with Gasteiger partial charge in [-0.1, -0.05) is 18.2 Å². The van der Waals surface area contributed by atoms with Crippen LogP contribution in [-0.2, 0) is 19.3 Å². The summed E-state index contributed by atoms with van der Waals surface area (Å²) in [4.78, 5) is 0.